The Morgan fingerprint density at radius 1 is 1.17 bits per heavy atom. The first-order chi connectivity index (χ1) is 11.6. The Balaban J connectivity index is 1.45. The van der Waals surface area contributed by atoms with Crippen molar-refractivity contribution in [1.82, 2.24) is 15.2 Å². The quantitative estimate of drug-likeness (QED) is 0.901. The number of hydrogen-bond acceptors (Lipinski definition) is 3. The maximum absolute atomic E-state index is 12.8. The van der Waals surface area contributed by atoms with Gasteiger partial charge in [0.05, 0.1) is 0 Å². The minimum absolute atomic E-state index is 0.218. The van der Waals surface area contributed by atoms with Crippen LogP contribution in [0.25, 0.3) is 0 Å². The van der Waals surface area contributed by atoms with Crippen LogP contribution in [0.5, 0.6) is 0 Å². The number of nitrogens with zero attached hydrogens (tertiary/aromatic N) is 2. The van der Waals surface area contributed by atoms with E-state index < -0.39 is 0 Å². The second-order valence-electron chi connectivity index (χ2n) is 8.08. The van der Waals surface area contributed by atoms with E-state index in [4.69, 9.17) is 0 Å². The predicted octanol–water partition coefficient (Wildman–Crippen LogP) is 3.38. The van der Waals surface area contributed by atoms with Crippen LogP contribution in [0.3, 0.4) is 0 Å². The lowest BCUT2D eigenvalue weighted by Crippen LogP contribution is -2.49. The van der Waals surface area contributed by atoms with Crippen molar-refractivity contribution in [2.24, 2.45) is 11.3 Å². The van der Waals surface area contributed by atoms with E-state index in [1.807, 2.05) is 12.4 Å². The number of pyridine rings is 1. The zero-order chi connectivity index (χ0) is 17.0. The van der Waals surface area contributed by atoms with Crippen LogP contribution in [0, 0.1) is 11.3 Å². The van der Waals surface area contributed by atoms with Crippen LogP contribution in [0.2, 0.25) is 0 Å². The van der Waals surface area contributed by atoms with Crippen LogP contribution in [-0.2, 0) is 11.3 Å². The summed E-state index contributed by atoms with van der Waals surface area (Å²) in [4.78, 5) is 19.3. The number of hydrogen-bond donors (Lipinski definition) is 1. The molecule has 0 spiro atoms. The van der Waals surface area contributed by atoms with Gasteiger partial charge >= 0.3 is 0 Å². The molecular formula is C20H31N3O. The molecule has 1 saturated carbocycles. The first-order valence-electron chi connectivity index (χ1n) is 9.48. The maximum atomic E-state index is 12.8. The second-order valence-corrected chi connectivity index (χ2v) is 8.08. The number of carbonyl (C=O) groups is 1. The third-order valence-corrected chi connectivity index (χ3v) is 6.04. The van der Waals surface area contributed by atoms with Crippen molar-refractivity contribution in [2.45, 2.75) is 65.0 Å². The molecule has 1 N–H and O–H groups in total. The molecule has 2 aliphatic rings. The summed E-state index contributed by atoms with van der Waals surface area (Å²) < 4.78 is 0. The lowest BCUT2D eigenvalue weighted by atomic mass is 9.76. The Morgan fingerprint density at radius 2 is 1.79 bits per heavy atom. The Hall–Kier alpha value is -1.42. The van der Waals surface area contributed by atoms with Crippen LogP contribution < -0.4 is 5.32 Å². The van der Waals surface area contributed by atoms with E-state index in [0.717, 1.165) is 32.5 Å². The van der Waals surface area contributed by atoms with E-state index in [2.05, 4.69) is 41.2 Å². The molecule has 0 unspecified atom stereocenters. The number of nitrogens with one attached hydrogen (secondary N) is 1. The maximum Gasteiger partial charge on any atom is 0.226 e. The number of piperidine rings is 1. The van der Waals surface area contributed by atoms with Crippen LogP contribution in [0.4, 0.5) is 0 Å². The highest BCUT2D eigenvalue weighted by Gasteiger charge is 2.39. The Bertz CT molecular complexity index is 529. The summed E-state index contributed by atoms with van der Waals surface area (Å²) in [6, 6.07) is 4.50. The van der Waals surface area contributed by atoms with E-state index in [1.165, 1.54) is 31.2 Å². The Morgan fingerprint density at radius 3 is 2.42 bits per heavy atom. The third kappa shape index (κ3) is 4.15. The number of carbonyl (C=O) groups excluding carboxylic acids is 1. The summed E-state index contributed by atoms with van der Waals surface area (Å²) >= 11 is 0. The van der Waals surface area contributed by atoms with Gasteiger partial charge in [-0.2, -0.15) is 0 Å². The fourth-order valence-corrected chi connectivity index (χ4v) is 4.19. The molecule has 4 heteroatoms. The summed E-state index contributed by atoms with van der Waals surface area (Å²) in [5, 5.41) is 3.34. The molecule has 0 atom stereocenters. The van der Waals surface area contributed by atoms with Gasteiger partial charge in [0.15, 0.2) is 0 Å². The lowest BCUT2D eigenvalue weighted by Gasteiger charge is -2.36. The van der Waals surface area contributed by atoms with E-state index in [1.54, 1.807) is 0 Å². The van der Waals surface area contributed by atoms with Crippen molar-refractivity contribution in [3.05, 3.63) is 30.1 Å². The van der Waals surface area contributed by atoms with Crippen LogP contribution in [0.15, 0.2) is 24.5 Å². The van der Waals surface area contributed by atoms with Crippen molar-refractivity contribution < 1.29 is 4.79 Å². The molecule has 4 nitrogen and oxygen atoms in total. The topological polar surface area (TPSA) is 45.2 Å². The molecule has 1 aromatic rings. The summed E-state index contributed by atoms with van der Waals surface area (Å²) in [7, 11) is 0. The minimum Gasteiger partial charge on any atom is -0.353 e. The largest absolute Gasteiger partial charge is 0.353 e. The summed E-state index contributed by atoms with van der Waals surface area (Å²) in [6.45, 7) is 7.36. The van der Waals surface area contributed by atoms with Crippen molar-refractivity contribution in [2.75, 3.05) is 13.1 Å². The first kappa shape index (κ1) is 17.4. The Kier molecular flexibility index (Phi) is 5.54. The average molecular weight is 329 g/mol. The van der Waals surface area contributed by atoms with Crippen LogP contribution in [-0.4, -0.2) is 34.9 Å². The zero-order valence-corrected chi connectivity index (χ0v) is 15.1. The fourth-order valence-electron chi connectivity index (χ4n) is 4.19. The molecule has 2 fully saturated rings. The molecule has 1 aromatic heterocycles. The Labute approximate surface area is 146 Å². The number of likely N-dealkylation sites (tertiary alicyclic amines) is 1. The summed E-state index contributed by atoms with van der Waals surface area (Å²) in [5.41, 5.74) is 1.10. The van der Waals surface area contributed by atoms with E-state index in [-0.39, 0.29) is 11.3 Å². The van der Waals surface area contributed by atoms with Crippen LogP contribution in [0.1, 0.15) is 57.9 Å². The van der Waals surface area contributed by atoms with Gasteiger partial charge in [-0.05, 0) is 49.3 Å². The highest BCUT2D eigenvalue weighted by molar-refractivity contribution is 5.82. The molecule has 1 saturated heterocycles. The van der Waals surface area contributed by atoms with Gasteiger partial charge in [0.2, 0.25) is 5.91 Å². The van der Waals surface area contributed by atoms with Gasteiger partial charge < -0.3 is 5.32 Å². The molecule has 132 valence electrons. The van der Waals surface area contributed by atoms with Gasteiger partial charge in [0, 0.05) is 43.5 Å². The molecule has 0 bridgehead atoms. The van der Waals surface area contributed by atoms with Gasteiger partial charge in [-0.25, -0.2) is 0 Å². The zero-order valence-electron chi connectivity index (χ0n) is 15.1. The normalized spacial score (nSPS) is 21.1. The monoisotopic (exact) mass is 329 g/mol. The lowest BCUT2D eigenvalue weighted by molar-refractivity contribution is -0.133. The standard InChI is InChI=1S/C20H31N3O/c1-20(2,17-5-3-4-6-17)19(24)22-18-9-13-23(14-10-18)15-16-7-11-21-12-8-16/h7-8,11-12,17-18H,3-6,9-10,13-15H2,1-2H3,(H,22,24). The molecule has 1 aliphatic heterocycles. The fraction of sp³-hybridized carbons (Fsp3) is 0.700. The SMILES string of the molecule is CC(C)(C(=O)NC1CCN(Cc2ccncc2)CC1)C1CCCC1. The minimum atomic E-state index is -0.218. The first-order valence-corrected chi connectivity index (χ1v) is 9.48. The van der Waals surface area contributed by atoms with Gasteiger partial charge in [-0.15, -0.1) is 0 Å². The average Bonchev–Trinajstić information content (AvgIpc) is 3.13. The highest BCUT2D eigenvalue weighted by atomic mass is 16.2. The summed E-state index contributed by atoms with van der Waals surface area (Å²) in [6.07, 6.45) is 10.8. The van der Waals surface area contributed by atoms with Crippen molar-refractivity contribution >= 4 is 5.91 Å². The number of rotatable bonds is 5. The molecule has 1 amide bonds. The van der Waals surface area contributed by atoms with Gasteiger partial charge in [-0.1, -0.05) is 26.7 Å². The molecule has 24 heavy (non-hydrogen) atoms. The van der Waals surface area contributed by atoms with Crippen LogP contribution >= 0.6 is 0 Å². The van der Waals surface area contributed by atoms with Crippen molar-refractivity contribution in [1.29, 1.82) is 0 Å². The number of amides is 1. The summed E-state index contributed by atoms with van der Waals surface area (Å²) in [5.74, 6) is 0.825. The van der Waals surface area contributed by atoms with Crippen molar-refractivity contribution in [3.8, 4) is 0 Å². The van der Waals surface area contributed by atoms with Gasteiger partial charge in [0.1, 0.15) is 0 Å². The smallest absolute Gasteiger partial charge is 0.226 e. The number of aromatic nitrogens is 1. The predicted molar refractivity (Wildman–Crippen MR) is 96.4 cm³/mol. The van der Waals surface area contributed by atoms with Gasteiger partial charge in [0.25, 0.3) is 0 Å². The van der Waals surface area contributed by atoms with E-state index in [9.17, 15) is 4.79 Å². The van der Waals surface area contributed by atoms with Crippen molar-refractivity contribution in [3.63, 3.8) is 0 Å². The molecular weight excluding hydrogens is 298 g/mol. The third-order valence-electron chi connectivity index (χ3n) is 6.04. The molecule has 2 heterocycles. The second kappa shape index (κ2) is 7.64. The molecule has 1 aliphatic carbocycles. The van der Waals surface area contributed by atoms with E-state index >= 15 is 0 Å². The van der Waals surface area contributed by atoms with E-state index in [0.29, 0.717) is 12.0 Å². The highest BCUT2D eigenvalue weighted by Crippen LogP contribution is 2.39. The van der Waals surface area contributed by atoms with Gasteiger partial charge in [-0.3, -0.25) is 14.7 Å². The molecule has 0 radical (unpaired) electrons. The molecule has 0 aromatic carbocycles. The molecule has 3 rings (SSSR count).